The van der Waals surface area contributed by atoms with Crippen LogP contribution in [0.4, 0.5) is 0 Å². The van der Waals surface area contributed by atoms with Crippen molar-refractivity contribution >= 4 is 33.6 Å². The molecule has 3 aromatic rings. The molecule has 1 heterocycles. The summed E-state index contributed by atoms with van der Waals surface area (Å²) >= 11 is 2.32. The van der Waals surface area contributed by atoms with Gasteiger partial charge < -0.3 is 4.98 Å². The van der Waals surface area contributed by atoms with Crippen molar-refractivity contribution in [2.24, 2.45) is 0 Å². The van der Waals surface area contributed by atoms with Crippen LogP contribution in [0.15, 0.2) is 48.5 Å². The van der Waals surface area contributed by atoms with Crippen molar-refractivity contribution in [2.45, 2.75) is 6.42 Å². The van der Waals surface area contributed by atoms with Gasteiger partial charge in [0.1, 0.15) is 5.82 Å². The van der Waals surface area contributed by atoms with Gasteiger partial charge >= 0.3 is 0 Å². The third-order valence-electron chi connectivity index (χ3n) is 2.72. The zero-order valence-electron chi connectivity index (χ0n) is 9.15. The number of halogens is 1. The molecule has 0 amide bonds. The number of fused-ring (bicyclic) bond motifs is 1. The maximum Gasteiger partial charge on any atom is 0.111 e. The van der Waals surface area contributed by atoms with Crippen molar-refractivity contribution in [3.63, 3.8) is 0 Å². The van der Waals surface area contributed by atoms with Crippen LogP contribution in [-0.2, 0) is 6.42 Å². The maximum absolute atomic E-state index is 4.57. The number of nitrogens with zero attached hydrogens (tertiary/aromatic N) is 1. The highest BCUT2D eigenvalue weighted by atomic mass is 127. The lowest BCUT2D eigenvalue weighted by molar-refractivity contribution is 1.04. The molecule has 3 heteroatoms. The van der Waals surface area contributed by atoms with Crippen LogP contribution >= 0.6 is 22.6 Å². The monoisotopic (exact) mass is 334 g/mol. The van der Waals surface area contributed by atoms with Crippen molar-refractivity contribution in [1.82, 2.24) is 9.97 Å². The van der Waals surface area contributed by atoms with E-state index in [4.69, 9.17) is 0 Å². The van der Waals surface area contributed by atoms with E-state index in [1.165, 1.54) is 9.13 Å². The third kappa shape index (κ3) is 2.34. The Bertz CT molecular complexity index is 608. The fourth-order valence-electron chi connectivity index (χ4n) is 1.88. The topological polar surface area (TPSA) is 28.7 Å². The summed E-state index contributed by atoms with van der Waals surface area (Å²) in [6.45, 7) is 0. The summed E-state index contributed by atoms with van der Waals surface area (Å²) in [4.78, 5) is 7.92. The smallest absolute Gasteiger partial charge is 0.111 e. The molecule has 0 aliphatic carbocycles. The minimum absolute atomic E-state index is 0.853. The van der Waals surface area contributed by atoms with E-state index in [1.54, 1.807) is 0 Å². The molecule has 0 atom stereocenters. The number of aromatic nitrogens is 2. The predicted octanol–water partition coefficient (Wildman–Crippen LogP) is 3.76. The first-order valence-electron chi connectivity index (χ1n) is 5.49. The molecule has 3 rings (SSSR count). The van der Waals surface area contributed by atoms with Crippen molar-refractivity contribution < 1.29 is 0 Å². The zero-order valence-corrected chi connectivity index (χ0v) is 11.3. The van der Waals surface area contributed by atoms with Gasteiger partial charge in [-0.25, -0.2) is 4.98 Å². The minimum atomic E-state index is 0.853. The highest BCUT2D eigenvalue weighted by Gasteiger charge is 2.02. The summed E-state index contributed by atoms with van der Waals surface area (Å²) in [5.41, 5.74) is 3.42. The molecular weight excluding hydrogens is 323 g/mol. The predicted molar refractivity (Wildman–Crippen MR) is 78.1 cm³/mol. The quantitative estimate of drug-likeness (QED) is 0.711. The van der Waals surface area contributed by atoms with Gasteiger partial charge in [0.05, 0.1) is 11.0 Å². The molecule has 0 fully saturated rings. The summed E-state index contributed by atoms with van der Waals surface area (Å²) < 4.78 is 1.26. The molecule has 0 aliphatic rings. The number of rotatable bonds is 2. The molecule has 0 spiro atoms. The number of imidazole rings is 1. The van der Waals surface area contributed by atoms with E-state index in [9.17, 15) is 0 Å². The first-order chi connectivity index (χ1) is 8.31. The Labute approximate surface area is 113 Å². The molecule has 0 saturated heterocycles. The van der Waals surface area contributed by atoms with Crippen LogP contribution in [0.2, 0.25) is 0 Å². The van der Waals surface area contributed by atoms with Gasteiger partial charge in [0.25, 0.3) is 0 Å². The summed E-state index contributed by atoms with van der Waals surface area (Å²) in [6.07, 6.45) is 0.853. The van der Waals surface area contributed by atoms with Gasteiger partial charge in [0, 0.05) is 9.99 Å². The number of aromatic amines is 1. The standard InChI is InChI=1S/C14H11IN2/c15-11-7-5-10(6-8-11)9-14-16-12-3-1-2-4-13(12)17-14/h1-8H,9H2,(H,16,17). The van der Waals surface area contributed by atoms with E-state index < -0.39 is 0 Å². The summed E-state index contributed by atoms with van der Waals surface area (Å²) in [7, 11) is 0. The second kappa shape index (κ2) is 4.49. The van der Waals surface area contributed by atoms with E-state index in [2.05, 4.69) is 62.9 Å². The van der Waals surface area contributed by atoms with Gasteiger partial charge in [0.15, 0.2) is 0 Å². The number of hydrogen-bond acceptors (Lipinski definition) is 1. The Morgan fingerprint density at radius 2 is 1.76 bits per heavy atom. The molecule has 1 N–H and O–H groups in total. The average molecular weight is 334 g/mol. The van der Waals surface area contributed by atoms with Gasteiger partial charge in [-0.05, 0) is 52.4 Å². The lowest BCUT2D eigenvalue weighted by Crippen LogP contribution is -1.90. The average Bonchev–Trinajstić information content (AvgIpc) is 2.74. The molecule has 0 radical (unpaired) electrons. The fourth-order valence-corrected chi connectivity index (χ4v) is 2.24. The van der Waals surface area contributed by atoms with Gasteiger partial charge in [-0.1, -0.05) is 24.3 Å². The Kier molecular flexibility index (Phi) is 2.84. The summed E-state index contributed by atoms with van der Waals surface area (Å²) in [6, 6.07) is 16.7. The number of H-pyrrole nitrogens is 1. The van der Waals surface area contributed by atoms with Gasteiger partial charge in [0.2, 0.25) is 0 Å². The van der Waals surface area contributed by atoms with Crippen LogP contribution in [0.3, 0.4) is 0 Å². The Morgan fingerprint density at radius 1 is 1.00 bits per heavy atom. The van der Waals surface area contributed by atoms with E-state index in [-0.39, 0.29) is 0 Å². The minimum Gasteiger partial charge on any atom is -0.342 e. The molecule has 0 aliphatic heterocycles. The zero-order chi connectivity index (χ0) is 11.7. The highest BCUT2D eigenvalue weighted by molar-refractivity contribution is 14.1. The van der Waals surface area contributed by atoms with Crippen molar-refractivity contribution in [3.05, 3.63) is 63.5 Å². The summed E-state index contributed by atoms with van der Waals surface area (Å²) in [5.74, 6) is 1.02. The van der Waals surface area contributed by atoms with E-state index in [0.29, 0.717) is 0 Å². The molecule has 0 bridgehead atoms. The van der Waals surface area contributed by atoms with Crippen LogP contribution in [0.25, 0.3) is 11.0 Å². The SMILES string of the molecule is Ic1ccc(Cc2nc3ccccc3[nH]2)cc1. The largest absolute Gasteiger partial charge is 0.342 e. The highest BCUT2D eigenvalue weighted by Crippen LogP contribution is 2.14. The summed E-state index contributed by atoms with van der Waals surface area (Å²) in [5, 5.41) is 0. The van der Waals surface area contributed by atoms with Crippen LogP contribution < -0.4 is 0 Å². The lowest BCUT2D eigenvalue weighted by Gasteiger charge is -1.97. The number of benzene rings is 2. The van der Waals surface area contributed by atoms with E-state index in [1.807, 2.05) is 18.2 Å². The molecule has 84 valence electrons. The molecular formula is C14H11IN2. The van der Waals surface area contributed by atoms with E-state index in [0.717, 1.165) is 23.3 Å². The second-order valence-corrected chi connectivity index (χ2v) is 5.25. The van der Waals surface area contributed by atoms with Gasteiger partial charge in [-0.2, -0.15) is 0 Å². The van der Waals surface area contributed by atoms with Crippen LogP contribution in [0, 0.1) is 3.57 Å². The third-order valence-corrected chi connectivity index (χ3v) is 3.44. The van der Waals surface area contributed by atoms with E-state index >= 15 is 0 Å². The maximum atomic E-state index is 4.57. The Hall–Kier alpha value is -1.36. The Morgan fingerprint density at radius 3 is 2.53 bits per heavy atom. The number of hydrogen-bond donors (Lipinski definition) is 1. The molecule has 2 nitrogen and oxygen atoms in total. The first kappa shape index (κ1) is 10.8. The number of para-hydroxylation sites is 2. The second-order valence-electron chi connectivity index (χ2n) is 4.00. The first-order valence-corrected chi connectivity index (χ1v) is 6.57. The molecule has 2 aromatic carbocycles. The molecule has 1 aromatic heterocycles. The van der Waals surface area contributed by atoms with Crippen molar-refractivity contribution in [1.29, 1.82) is 0 Å². The molecule has 0 unspecified atom stereocenters. The van der Waals surface area contributed by atoms with Gasteiger partial charge in [-0.15, -0.1) is 0 Å². The Balaban J connectivity index is 1.92. The fraction of sp³-hybridized carbons (Fsp3) is 0.0714. The molecule has 17 heavy (non-hydrogen) atoms. The van der Waals surface area contributed by atoms with Crippen molar-refractivity contribution in [3.8, 4) is 0 Å². The molecule has 0 saturated carbocycles. The van der Waals surface area contributed by atoms with Gasteiger partial charge in [-0.3, -0.25) is 0 Å². The van der Waals surface area contributed by atoms with Crippen LogP contribution in [0.5, 0.6) is 0 Å². The normalized spacial score (nSPS) is 10.9. The number of nitrogens with one attached hydrogen (secondary N) is 1. The lowest BCUT2D eigenvalue weighted by atomic mass is 10.1. The van der Waals surface area contributed by atoms with Crippen LogP contribution in [0.1, 0.15) is 11.4 Å². The van der Waals surface area contributed by atoms with Crippen molar-refractivity contribution in [2.75, 3.05) is 0 Å². The van der Waals surface area contributed by atoms with Crippen LogP contribution in [-0.4, -0.2) is 9.97 Å².